The van der Waals surface area contributed by atoms with Gasteiger partial charge in [0.15, 0.2) is 5.96 Å². The number of halogens is 1. The fourth-order valence-corrected chi connectivity index (χ4v) is 3.94. The highest BCUT2D eigenvalue weighted by atomic mass is 127. The van der Waals surface area contributed by atoms with Gasteiger partial charge < -0.3 is 15.4 Å². The van der Waals surface area contributed by atoms with E-state index in [4.69, 9.17) is 4.74 Å². The minimum atomic E-state index is 0. The van der Waals surface area contributed by atoms with Gasteiger partial charge in [0.2, 0.25) is 0 Å². The van der Waals surface area contributed by atoms with Gasteiger partial charge in [0, 0.05) is 37.4 Å². The predicted octanol–water partition coefficient (Wildman–Crippen LogP) is 3.65. The van der Waals surface area contributed by atoms with Gasteiger partial charge in [0.25, 0.3) is 0 Å². The molecule has 1 aliphatic rings. The Kier molecular flexibility index (Phi) is 8.15. The Labute approximate surface area is 176 Å². The van der Waals surface area contributed by atoms with E-state index in [1.54, 1.807) is 11.3 Å². The van der Waals surface area contributed by atoms with E-state index in [-0.39, 0.29) is 24.0 Å². The second kappa shape index (κ2) is 10.1. The number of benzene rings is 1. The van der Waals surface area contributed by atoms with Crippen LogP contribution in [0.1, 0.15) is 33.5 Å². The third kappa shape index (κ3) is 5.33. The quantitative estimate of drug-likeness (QED) is 0.385. The molecule has 1 atom stereocenters. The van der Waals surface area contributed by atoms with E-state index in [0.29, 0.717) is 5.92 Å². The Hall–Kier alpha value is -1.35. The number of hydrogen-bond donors (Lipinski definition) is 2. The van der Waals surface area contributed by atoms with E-state index in [0.717, 1.165) is 49.9 Å². The van der Waals surface area contributed by atoms with Crippen molar-refractivity contribution in [1.82, 2.24) is 15.6 Å². The van der Waals surface area contributed by atoms with Gasteiger partial charge in [-0.1, -0.05) is 18.2 Å². The molecule has 26 heavy (non-hydrogen) atoms. The minimum Gasteiger partial charge on any atom is -0.493 e. The second-order valence-corrected chi connectivity index (χ2v) is 7.54. The summed E-state index contributed by atoms with van der Waals surface area (Å²) in [6, 6.07) is 8.31. The first-order valence-electron chi connectivity index (χ1n) is 8.76. The maximum atomic E-state index is 5.73. The molecule has 2 aromatic rings. The molecular formula is C19H27IN4OS. The molecule has 0 radical (unpaired) electrons. The number of guanidine groups is 1. The molecule has 3 rings (SSSR count). The van der Waals surface area contributed by atoms with E-state index in [1.807, 2.05) is 19.2 Å². The second-order valence-electron chi connectivity index (χ2n) is 6.25. The molecule has 1 unspecified atom stereocenters. The van der Waals surface area contributed by atoms with Crippen LogP contribution in [0.2, 0.25) is 0 Å². The van der Waals surface area contributed by atoms with Gasteiger partial charge in [-0.25, -0.2) is 4.98 Å². The van der Waals surface area contributed by atoms with Crippen molar-refractivity contribution in [3.05, 3.63) is 45.4 Å². The zero-order chi connectivity index (χ0) is 17.6. The van der Waals surface area contributed by atoms with Crippen molar-refractivity contribution in [2.75, 3.05) is 26.7 Å². The number of fused-ring (bicyclic) bond motifs is 1. The van der Waals surface area contributed by atoms with Crippen molar-refractivity contribution < 1.29 is 4.74 Å². The number of para-hydroxylation sites is 1. The normalized spacial score (nSPS) is 16.3. The smallest absolute Gasteiger partial charge is 0.191 e. The summed E-state index contributed by atoms with van der Waals surface area (Å²) in [5, 5.41) is 8.01. The maximum absolute atomic E-state index is 5.73. The van der Waals surface area contributed by atoms with Crippen LogP contribution in [0.4, 0.5) is 0 Å². The standard InChI is InChI=1S/C19H26N4OS.HI/c1-13-14(2)25-18(23-13)8-10-21-19(20-3)22-12-15-9-11-24-17-7-5-4-6-16(15)17;/h4-7,15H,8-12H2,1-3H3,(H2,20,21,22);1H. The summed E-state index contributed by atoms with van der Waals surface area (Å²) in [7, 11) is 1.81. The Morgan fingerprint density at radius 2 is 2.12 bits per heavy atom. The van der Waals surface area contributed by atoms with Crippen LogP contribution in [0.25, 0.3) is 0 Å². The molecule has 1 aromatic heterocycles. The van der Waals surface area contributed by atoms with Gasteiger partial charge >= 0.3 is 0 Å². The van der Waals surface area contributed by atoms with Crippen LogP contribution in [0.3, 0.4) is 0 Å². The third-order valence-corrected chi connectivity index (χ3v) is 5.66. The number of thiazole rings is 1. The van der Waals surface area contributed by atoms with Gasteiger partial charge in [-0.05, 0) is 31.9 Å². The fraction of sp³-hybridized carbons (Fsp3) is 0.474. The van der Waals surface area contributed by atoms with E-state index in [9.17, 15) is 0 Å². The number of aromatic nitrogens is 1. The molecule has 0 spiro atoms. The SMILES string of the molecule is CN=C(NCCc1nc(C)c(C)s1)NCC1CCOc2ccccc21.I. The summed E-state index contributed by atoms with van der Waals surface area (Å²) < 4.78 is 5.73. The van der Waals surface area contributed by atoms with Crippen LogP contribution in [-0.2, 0) is 6.42 Å². The first-order chi connectivity index (χ1) is 12.2. The first kappa shape index (κ1) is 21.0. The van der Waals surface area contributed by atoms with Crippen LogP contribution in [0.15, 0.2) is 29.3 Å². The number of nitrogens with one attached hydrogen (secondary N) is 2. The van der Waals surface area contributed by atoms with Gasteiger partial charge in [0.05, 0.1) is 17.3 Å². The van der Waals surface area contributed by atoms with Crippen molar-refractivity contribution in [2.24, 2.45) is 4.99 Å². The van der Waals surface area contributed by atoms with Crippen molar-refractivity contribution >= 4 is 41.3 Å². The Morgan fingerprint density at radius 1 is 1.31 bits per heavy atom. The summed E-state index contributed by atoms with van der Waals surface area (Å²) in [5.74, 6) is 2.31. The number of rotatable bonds is 5. The fourth-order valence-electron chi connectivity index (χ4n) is 3.00. The molecule has 1 aromatic carbocycles. The summed E-state index contributed by atoms with van der Waals surface area (Å²) in [6.45, 7) is 6.65. The monoisotopic (exact) mass is 486 g/mol. The van der Waals surface area contributed by atoms with Gasteiger partial charge in [0.1, 0.15) is 5.75 Å². The van der Waals surface area contributed by atoms with Crippen LogP contribution >= 0.6 is 35.3 Å². The van der Waals surface area contributed by atoms with E-state index in [1.165, 1.54) is 15.4 Å². The lowest BCUT2D eigenvalue weighted by molar-refractivity contribution is 0.267. The predicted molar refractivity (Wildman–Crippen MR) is 119 cm³/mol. The van der Waals surface area contributed by atoms with E-state index < -0.39 is 0 Å². The highest BCUT2D eigenvalue weighted by Gasteiger charge is 2.21. The molecule has 0 aliphatic carbocycles. The lowest BCUT2D eigenvalue weighted by atomic mass is 9.93. The van der Waals surface area contributed by atoms with Crippen molar-refractivity contribution in [2.45, 2.75) is 32.6 Å². The van der Waals surface area contributed by atoms with Crippen LogP contribution in [-0.4, -0.2) is 37.7 Å². The van der Waals surface area contributed by atoms with Crippen molar-refractivity contribution in [3.8, 4) is 5.75 Å². The van der Waals surface area contributed by atoms with Gasteiger partial charge in [-0.15, -0.1) is 35.3 Å². The largest absolute Gasteiger partial charge is 0.493 e. The molecule has 142 valence electrons. The zero-order valence-corrected chi connectivity index (χ0v) is 18.7. The van der Waals surface area contributed by atoms with Gasteiger partial charge in [-0.2, -0.15) is 0 Å². The molecule has 1 aliphatic heterocycles. The summed E-state index contributed by atoms with van der Waals surface area (Å²) >= 11 is 1.78. The molecule has 0 saturated heterocycles. The Morgan fingerprint density at radius 3 is 2.85 bits per heavy atom. The Bertz CT molecular complexity index is 727. The number of hydrogen-bond acceptors (Lipinski definition) is 4. The number of ether oxygens (including phenoxy) is 1. The maximum Gasteiger partial charge on any atom is 0.191 e. The summed E-state index contributed by atoms with van der Waals surface area (Å²) in [6.07, 6.45) is 1.94. The third-order valence-electron chi connectivity index (χ3n) is 4.53. The molecule has 5 nitrogen and oxygen atoms in total. The highest BCUT2D eigenvalue weighted by Crippen LogP contribution is 2.32. The average Bonchev–Trinajstić information content (AvgIpc) is 2.95. The molecular weight excluding hydrogens is 459 g/mol. The highest BCUT2D eigenvalue weighted by molar-refractivity contribution is 14.0. The lowest BCUT2D eigenvalue weighted by Crippen LogP contribution is -2.40. The topological polar surface area (TPSA) is 58.5 Å². The summed E-state index contributed by atoms with van der Waals surface area (Å²) in [5.41, 5.74) is 2.42. The van der Waals surface area contributed by atoms with Crippen molar-refractivity contribution in [1.29, 1.82) is 0 Å². The van der Waals surface area contributed by atoms with Crippen molar-refractivity contribution in [3.63, 3.8) is 0 Å². The zero-order valence-electron chi connectivity index (χ0n) is 15.5. The van der Waals surface area contributed by atoms with Crippen LogP contribution in [0.5, 0.6) is 5.75 Å². The minimum absolute atomic E-state index is 0. The number of nitrogens with zero attached hydrogens (tertiary/aromatic N) is 2. The average molecular weight is 486 g/mol. The molecule has 7 heteroatoms. The molecule has 0 amide bonds. The molecule has 2 heterocycles. The Balaban J connectivity index is 0.00000243. The number of aliphatic imine (C=N–C) groups is 1. The first-order valence-corrected chi connectivity index (χ1v) is 9.58. The van der Waals surface area contributed by atoms with Crippen LogP contribution < -0.4 is 15.4 Å². The van der Waals surface area contributed by atoms with E-state index >= 15 is 0 Å². The van der Waals surface area contributed by atoms with Gasteiger partial charge in [-0.3, -0.25) is 4.99 Å². The molecule has 2 N–H and O–H groups in total. The summed E-state index contributed by atoms with van der Waals surface area (Å²) in [4.78, 5) is 10.2. The van der Waals surface area contributed by atoms with E-state index in [2.05, 4.69) is 46.6 Å². The molecule has 0 saturated carbocycles. The molecule has 0 fully saturated rings. The lowest BCUT2D eigenvalue weighted by Gasteiger charge is -2.26. The molecule has 0 bridgehead atoms. The number of aryl methyl sites for hydroxylation is 2. The van der Waals surface area contributed by atoms with Crippen LogP contribution in [0, 0.1) is 13.8 Å².